The molecule has 0 aromatic heterocycles. The van der Waals surface area contributed by atoms with E-state index in [1.54, 1.807) is 6.92 Å². The molecule has 0 aliphatic heterocycles. The van der Waals surface area contributed by atoms with Gasteiger partial charge in [-0.1, -0.05) is 0 Å². The summed E-state index contributed by atoms with van der Waals surface area (Å²) in [6.07, 6.45) is 0. The number of nitrogens with one attached hydrogen (secondary N) is 1. The minimum absolute atomic E-state index is 0.0515. The fraction of sp³-hybridized carbons (Fsp3) is 0.273. The molecule has 17 heavy (non-hydrogen) atoms. The normalized spacial score (nSPS) is 11.7. The van der Waals surface area contributed by atoms with Crippen LogP contribution in [-0.4, -0.2) is 12.5 Å². The van der Waals surface area contributed by atoms with Crippen LogP contribution in [0.3, 0.4) is 0 Å². The van der Waals surface area contributed by atoms with Gasteiger partial charge in [-0.3, -0.25) is 4.79 Å². The highest BCUT2D eigenvalue weighted by Gasteiger charge is 2.15. The van der Waals surface area contributed by atoms with Gasteiger partial charge in [-0.15, -0.1) is 0 Å². The van der Waals surface area contributed by atoms with Gasteiger partial charge < -0.3 is 5.32 Å². The summed E-state index contributed by atoms with van der Waals surface area (Å²) in [6.45, 7) is 1.63. The second-order valence-electron chi connectivity index (χ2n) is 3.49. The maximum Gasteiger partial charge on any atom is 0.251 e. The van der Waals surface area contributed by atoms with E-state index in [0.717, 1.165) is 0 Å². The lowest BCUT2D eigenvalue weighted by Gasteiger charge is -2.06. The predicted molar refractivity (Wildman–Crippen MR) is 53.4 cm³/mol. The Morgan fingerprint density at radius 3 is 2.41 bits per heavy atom. The van der Waals surface area contributed by atoms with Crippen LogP contribution in [0, 0.1) is 34.7 Å². The van der Waals surface area contributed by atoms with Crippen molar-refractivity contribution in [3.8, 4) is 6.07 Å². The van der Waals surface area contributed by atoms with E-state index in [9.17, 15) is 18.0 Å². The number of hydrogen-bond acceptors (Lipinski definition) is 2. The van der Waals surface area contributed by atoms with Crippen molar-refractivity contribution in [1.82, 2.24) is 5.32 Å². The minimum atomic E-state index is -1.62. The Balaban J connectivity index is 2.80. The van der Waals surface area contributed by atoms with Crippen molar-refractivity contribution in [2.75, 3.05) is 6.54 Å². The molecule has 0 radical (unpaired) electrons. The summed E-state index contributed by atoms with van der Waals surface area (Å²) < 4.78 is 38.3. The van der Waals surface area contributed by atoms with Crippen LogP contribution >= 0.6 is 0 Å². The van der Waals surface area contributed by atoms with Gasteiger partial charge in [0.15, 0.2) is 17.5 Å². The summed E-state index contributed by atoms with van der Waals surface area (Å²) in [7, 11) is 0. The van der Waals surface area contributed by atoms with Gasteiger partial charge in [-0.05, 0) is 19.1 Å². The molecule has 3 nitrogen and oxygen atoms in total. The van der Waals surface area contributed by atoms with Gasteiger partial charge in [-0.2, -0.15) is 5.26 Å². The van der Waals surface area contributed by atoms with Crippen LogP contribution in [-0.2, 0) is 0 Å². The molecule has 0 aliphatic rings. The molecule has 1 unspecified atom stereocenters. The molecule has 0 bridgehead atoms. The van der Waals surface area contributed by atoms with E-state index >= 15 is 0 Å². The molecule has 0 saturated heterocycles. The Bertz CT molecular complexity index is 459. The Hall–Kier alpha value is -2.03. The molecule has 1 amide bonds. The predicted octanol–water partition coefficient (Wildman–Crippen LogP) is 1.99. The zero-order valence-corrected chi connectivity index (χ0v) is 8.93. The molecule has 0 saturated carbocycles. The number of amides is 1. The molecule has 6 heteroatoms. The molecule has 0 heterocycles. The molecule has 1 rings (SSSR count). The second-order valence-corrected chi connectivity index (χ2v) is 3.49. The number of carbonyl (C=O) groups is 1. The van der Waals surface area contributed by atoms with Crippen LogP contribution in [0.5, 0.6) is 0 Å². The Morgan fingerprint density at radius 2 is 1.94 bits per heavy atom. The van der Waals surface area contributed by atoms with Crippen LogP contribution in [0.25, 0.3) is 0 Å². The summed E-state index contributed by atoms with van der Waals surface area (Å²) in [5.41, 5.74) is -0.327. The first-order valence-corrected chi connectivity index (χ1v) is 4.78. The third-order valence-corrected chi connectivity index (χ3v) is 2.04. The topological polar surface area (TPSA) is 52.9 Å². The van der Waals surface area contributed by atoms with Gasteiger partial charge in [0, 0.05) is 12.1 Å². The second kappa shape index (κ2) is 5.34. The van der Waals surface area contributed by atoms with E-state index in [4.69, 9.17) is 5.26 Å². The lowest BCUT2D eigenvalue weighted by molar-refractivity contribution is 0.0949. The van der Waals surface area contributed by atoms with Gasteiger partial charge in [-0.25, -0.2) is 13.2 Å². The van der Waals surface area contributed by atoms with E-state index in [1.807, 2.05) is 6.07 Å². The van der Waals surface area contributed by atoms with Gasteiger partial charge in [0.25, 0.3) is 5.91 Å². The van der Waals surface area contributed by atoms with Gasteiger partial charge in [0.2, 0.25) is 0 Å². The first-order valence-electron chi connectivity index (χ1n) is 4.78. The molecule has 1 atom stereocenters. The molecule has 0 spiro atoms. The van der Waals surface area contributed by atoms with Gasteiger partial charge in [0.1, 0.15) is 0 Å². The number of nitrogens with zero attached hydrogens (tertiary/aromatic N) is 1. The number of hydrogen-bond donors (Lipinski definition) is 1. The van der Waals surface area contributed by atoms with E-state index in [0.29, 0.717) is 12.1 Å². The summed E-state index contributed by atoms with van der Waals surface area (Å²) in [6, 6.07) is 3.08. The molecular weight excluding hydrogens is 233 g/mol. The first-order chi connectivity index (χ1) is 7.95. The fourth-order valence-corrected chi connectivity index (χ4v) is 1.08. The standard InChI is InChI=1S/C11H9F3N2O/c1-6(4-15)5-16-11(17)7-2-8(12)10(14)9(13)3-7/h2-3,6H,5H2,1H3,(H,16,17). The quantitative estimate of drug-likeness (QED) is 0.824. The van der Waals surface area contributed by atoms with Crippen molar-refractivity contribution in [2.24, 2.45) is 5.92 Å². The van der Waals surface area contributed by atoms with Crippen molar-refractivity contribution >= 4 is 5.91 Å². The number of carbonyl (C=O) groups excluding carboxylic acids is 1. The van der Waals surface area contributed by atoms with E-state index in [2.05, 4.69) is 5.32 Å². The summed E-state index contributed by atoms with van der Waals surface area (Å²) in [5.74, 6) is -5.65. The molecular formula is C11H9F3N2O. The zero-order valence-electron chi connectivity index (χ0n) is 8.93. The molecule has 0 fully saturated rings. The lowest BCUT2D eigenvalue weighted by Crippen LogP contribution is -2.28. The van der Waals surface area contributed by atoms with Crippen LogP contribution in [0.4, 0.5) is 13.2 Å². The molecule has 0 aliphatic carbocycles. The number of halogens is 3. The number of nitriles is 1. The lowest BCUT2D eigenvalue weighted by atomic mass is 10.1. The van der Waals surface area contributed by atoms with Gasteiger partial charge in [0.05, 0.1) is 12.0 Å². The van der Waals surface area contributed by atoms with Crippen molar-refractivity contribution < 1.29 is 18.0 Å². The summed E-state index contributed by atoms with van der Waals surface area (Å²) >= 11 is 0. The van der Waals surface area contributed by atoms with Crippen molar-refractivity contribution in [1.29, 1.82) is 5.26 Å². The van der Waals surface area contributed by atoms with Crippen molar-refractivity contribution in [3.05, 3.63) is 35.1 Å². The average molecular weight is 242 g/mol. The third-order valence-electron chi connectivity index (χ3n) is 2.04. The van der Waals surface area contributed by atoms with E-state index < -0.39 is 29.3 Å². The van der Waals surface area contributed by atoms with E-state index in [-0.39, 0.29) is 12.1 Å². The molecule has 1 aromatic rings. The zero-order chi connectivity index (χ0) is 13.0. The van der Waals surface area contributed by atoms with Crippen molar-refractivity contribution in [3.63, 3.8) is 0 Å². The largest absolute Gasteiger partial charge is 0.351 e. The SMILES string of the molecule is CC(C#N)CNC(=O)c1cc(F)c(F)c(F)c1. The highest BCUT2D eigenvalue weighted by molar-refractivity contribution is 5.94. The summed E-state index contributed by atoms with van der Waals surface area (Å²) in [5, 5.41) is 10.8. The summed E-state index contributed by atoms with van der Waals surface area (Å²) in [4.78, 5) is 11.4. The Labute approximate surface area is 95.9 Å². The monoisotopic (exact) mass is 242 g/mol. The Kier molecular flexibility index (Phi) is 4.10. The maximum atomic E-state index is 12.8. The smallest absolute Gasteiger partial charge is 0.251 e. The molecule has 1 aromatic carbocycles. The average Bonchev–Trinajstić information content (AvgIpc) is 2.31. The van der Waals surface area contributed by atoms with Crippen LogP contribution in [0.15, 0.2) is 12.1 Å². The van der Waals surface area contributed by atoms with Gasteiger partial charge >= 0.3 is 0 Å². The van der Waals surface area contributed by atoms with Crippen LogP contribution in [0.1, 0.15) is 17.3 Å². The maximum absolute atomic E-state index is 12.8. The minimum Gasteiger partial charge on any atom is -0.351 e. The highest BCUT2D eigenvalue weighted by atomic mass is 19.2. The fourth-order valence-electron chi connectivity index (χ4n) is 1.08. The first kappa shape index (κ1) is 13.0. The number of rotatable bonds is 3. The van der Waals surface area contributed by atoms with Crippen molar-refractivity contribution in [2.45, 2.75) is 6.92 Å². The molecule has 1 N–H and O–H groups in total. The van der Waals surface area contributed by atoms with E-state index in [1.165, 1.54) is 0 Å². The molecule has 90 valence electrons. The highest BCUT2D eigenvalue weighted by Crippen LogP contribution is 2.13. The Morgan fingerprint density at radius 1 is 1.41 bits per heavy atom. The van der Waals surface area contributed by atoms with Crippen LogP contribution in [0.2, 0.25) is 0 Å². The number of benzene rings is 1. The van der Waals surface area contributed by atoms with Crippen LogP contribution < -0.4 is 5.32 Å². The third kappa shape index (κ3) is 3.21.